The molecule has 0 fully saturated rings. The van der Waals surface area contributed by atoms with Crippen molar-refractivity contribution in [1.29, 1.82) is 0 Å². The van der Waals surface area contributed by atoms with E-state index in [9.17, 15) is 9.18 Å². The van der Waals surface area contributed by atoms with Crippen molar-refractivity contribution in [3.8, 4) is 5.75 Å². The molecule has 0 heterocycles. The van der Waals surface area contributed by atoms with Crippen LogP contribution in [0.4, 0.5) is 4.39 Å². The molecule has 0 saturated heterocycles. The Hall–Kier alpha value is -1.09. The molecule has 0 amide bonds. The van der Waals surface area contributed by atoms with Crippen molar-refractivity contribution in [2.75, 3.05) is 6.61 Å². The number of hydrogen-bond donors (Lipinski definition) is 0. The van der Waals surface area contributed by atoms with Gasteiger partial charge < -0.3 is 4.74 Å². The Morgan fingerprint density at radius 2 is 2.31 bits per heavy atom. The number of ether oxygens (including phenoxy) is 1. The van der Waals surface area contributed by atoms with Crippen LogP contribution in [0.3, 0.4) is 0 Å². The molecule has 0 radical (unpaired) electrons. The maximum atomic E-state index is 12.9. The molecule has 0 spiro atoms. The molecular formula is C9H8ClFO2. The molecule has 0 unspecified atom stereocenters. The zero-order valence-electron chi connectivity index (χ0n) is 7.01. The highest BCUT2D eigenvalue weighted by Gasteiger charge is 2.08. The summed E-state index contributed by atoms with van der Waals surface area (Å²) in [5.74, 6) is -0.366. The summed E-state index contributed by atoms with van der Waals surface area (Å²) in [4.78, 5) is 10.5. The van der Waals surface area contributed by atoms with Crippen LogP contribution in [0.5, 0.6) is 5.75 Å². The highest BCUT2D eigenvalue weighted by molar-refractivity contribution is 6.31. The van der Waals surface area contributed by atoms with Gasteiger partial charge in [-0.3, -0.25) is 4.79 Å². The molecule has 70 valence electrons. The van der Waals surface area contributed by atoms with Crippen LogP contribution >= 0.6 is 11.6 Å². The van der Waals surface area contributed by atoms with Gasteiger partial charge in [0.25, 0.3) is 0 Å². The SMILES string of the molecule is CCOc1cc(F)c(Cl)cc1C=O. The highest BCUT2D eigenvalue weighted by atomic mass is 35.5. The number of rotatable bonds is 3. The van der Waals surface area contributed by atoms with E-state index in [0.29, 0.717) is 12.9 Å². The Kier molecular flexibility index (Phi) is 3.25. The predicted octanol–water partition coefficient (Wildman–Crippen LogP) is 2.69. The Morgan fingerprint density at radius 1 is 1.62 bits per heavy atom. The van der Waals surface area contributed by atoms with Crippen LogP contribution in [0.1, 0.15) is 17.3 Å². The largest absolute Gasteiger partial charge is 0.493 e. The first kappa shape index (κ1) is 9.99. The van der Waals surface area contributed by atoms with Crippen LogP contribution in [0.2, 0.25) is 5.02 Å². The second-order valence-corrected chi connectivity index (χ2v) is 2.76. The fourth-order valence-electron chi connectivity index (χ4n) is 0.917. The fourth-order valence-corrected chi connectivity index (χ4v) is 1.09. The second-order valence-electron chi connectivity index (χ2n) is 2.36. The first-order valence-corrected chi connectivity index (χ1v) is 4.13. The lowest BCUT2D eigenvalue weighted by Gasteiger charge is -2.06. The minimum atomic E-state index is -0.587. The molecule has 4 heteroatoms. The van der Waals surface area contributed by atoms with Gasteiger partial charge in [-0.05, 0) is 13.0 Å². The van der Waals surface area contributed by atoms with Crippen molar-refractivity contribution < 1.29 is 13.9 Å². The van der Waals surface area contributed by atoms with Gasteiger partial charge in [0, 0.05) is 6.07 Å². The van der Waals surface area contributed by atoms with Crippen molar-refractivity contribution >= 4 is 17.9 Å². The maximum Gasteiger partial charge on any atom is 0.153 e. The van der Waals surface area contributed by atoms with Crippen LogP contribution in [0.15, 0.2) is 12.1 Å². The maximum absolute atomic E-state index is 12.9. The second kappa shape index (κ2) is 4.23. The Morgan fingerprint density at radius 3 is 2.85 bits per heavy atom. The van der Waals surface area contributed by atoms with Gasteiger partial charge >= 0.3 is 0 Å². The molecule has 1 rings (SSSR count). The third kappa shape index (κ3) is 2.18. The van der Waals surface area contributed by atoms with Gasteiger partial charge in [-0.15, -0.1) is 0 Å². The van der Waals surface area contributed by atoms with E-state index >= 15 is 0 Å². The molecule has 0 aliphatic rings. The molecule has 1 aromatic rings. The van der Waals surface area contributed by atoms with E-state index in [-0.39, 0.29) is 16.3 Å². The lowest BCUT2D eigenvalue weighted by Crippen LogP contribution is -1.97. The first-order valence-electron chi connectivity index (χ1n) is 3.76. The number of carbonyl (C=O) groups excluding carboxylic acids is 1. The van der Waals surface area contributed by atoms with Crippen LogP contribution in [0, 0.1) is 5.82 Å². The molecule has 0 aromatic heterocycles. The average Bonchev–Trinajstić information content (AvgIpc) is 2.11. The van der Waals surface area contributed by atoms with Gasteiger partial charge in [-0.25, -0.2) is 4.39 Å². The quantitative estimate of drug-likeness (QED) is 0.705. The van der Waals surface area contributed by atoms with Crippen molar-refractivity contribution in [3.05, 3.63) is 28.5 Å². The highest BCUT2D eigenvalue weighted by Crippen LogP contribution is 2.24. The number of aldehydes is 1. The van der Waals surface area contributed by atoms with Crippen LogP contribution in [-0.4, -0.2) is 12.9 Å². The molecule has 0 saturated carbocycles. The number of carbonyl (C=O) groups is 1. The van der Waals surface area contributed by atoms with Gasteiger partial charge in [0.1, 0.15) is 11.6 Å². The first-order chi connectivity index (χ1) is 6.19. The minimum absolute atomic E-state index is 0.0782. The topological polar surface area (TPSA) is 26.3 Å². The summed E-state index contributed by atoms with van der Waals surface area (Å²) in [6, 6.07) is 2.35. The average molecular weight is 203 g/mol. The summed E-state index contributed by atoms with van der Waals surface area (Å²) in [5, 5.41) is -0.0782. The van der Waals surface area contributed by atoms with E-state index in [4.69, 9.17) is 16.3 Å². The number of benzene rings is 1. The Bertz CT molecular complexity index is 326. The van der Waals surface area contributed by atoms with Crippen molar-refractivity contribution in [3.63, 3.8) is 0 Å². The summed E-state index contributed by atoms with van der Waals surface area (Å²) in [6.45, 7) is 2.13. The lowest BCUT2D eigenvalue weighted by molar-refractivity contribution is 0.112. The summed E-state index contributed by atoms with van der Waals surface area (Å²) in [6.07, 6.45) is 0.580. The molecular weight excluding hydrogens is 195 g/mol. The Labute approximate surface area is 80.3 Å². The van der Waals surface area contributed by atoms with Crippen LogP contribution in [0.25, 0.3) is 0 Å². The predicted molar refractivity (Wildman–Crippen MR) is 48.0 cm³/mol. The lowest BCUT2D eigenvalue weighted by atomic mass is 10.2. The van der Waals surface area contributed by atoms with Gasteiger partial charge in [0.2, 0.25) is 0 Å². The summed E-state index contributed by atoms with van der Waals surface area (Å²) in [7, 11) is 0. The van der Waals surface area contributed by atoms with E-state index in [1.54, 1.807) is 6.92 Å². The number of halogens is 2. The zero-order chi connectivity index (χ0) is 9.84. The summed E-state index contributed by atoms with van der Waals surface area (Å²) >= 11 is 5.48. The zero-order valence-corrected chi connectivity index (χ0v) is 7.77. The Balaban J connectivity index is 3.16. The molecule has 0 atom stereocenters. The van der Waals surface area contributed by atoms with Crippen molar-refractivity contribution in [2.24, 2.45) is 0 Å². The molecule has 0 bridgehead atoms. The molecule has 2 nitrogen and oxygen atoms in total. The molecule has 0 aliphatic heterocycles. The van der Waals surface area contributed by atoms with Crippen LogP contribution in [-0.2, 0) is 0 Å². The van der Waals surface area contributed by atoms with E-state index in [2.05, 4.69) is 0 Å². The standard InChI is InChI=1S/C9H8ClFO2/c1-2-13-9-4-8(11)7(10)3-6(9)5-12/h3-5H,2H2,1H3. The smallest absolute Gasteiger partial charge is 0.153 e. The molecule has 0 aliphatic carbocycles. The molecule has 0 N–H and O–H groups in total. The van der Waals surface area contributed by atoms with E-state index in [1.165, 1.54) is 6.07 Å². The van der Waals surface area contributed by atoms with Crippen molar-refractivity contribution in [2.45, 2.75) is 6.92 Å². The van der Waals surface area contributed by atoms with Gasteiger partial charge in [-0.2, -0.15) is 0 Å². The van der Waals surface area contributed by atoms with E-state index < -0.39 is 5.82 Å². The molecule has 13 heavy (non-hydrogen) atoms. The van der Waals surface area contributed by atoms with Crippen LogP contribution < -0.4 is 4.74 Å². The van der Waals surface area contributed by atoms with Gasteiger partial charge in [-0.1, -0.05) is 11.6 Å². The third-order valence-electron chi connectivity index (χ3n) is 1.48. The van der Waals surface area contributed by atoms with Crippen molar-refractivity contribution in [1.82, 2.24) is 0 Å². The third-order valence-corrected chi connectivity index (χ3v) is 1.77. The van der Waals surface area contributed by atoms with E-state index in [0.717, 1.165) is 6.07 Å². The monoisotopic (exact) mass is 202 g/mol. The normalized spacial score (nSPS) is 9.77. The van der Waals surface area contributed by atoms with E-state index in [1.807, 2.05) is 0 Å². The van der Waals surface area contributed by atoms with Gasteiger partial charge in [0.05, 0.1) is 17.2 Å². The van der Waals surface area contributed by atoms with Gasteiger partial charge in [0.15, 0.2) is 6.29 Å². The summed E-state index contributed by atoms with van der Waals surface area (Å²) < 4.78 is 17.9. The minimum Gasteiger partial charge on any atom is -0.493 e. The number of hydrogen-bond acceptors (Lipinski definition) is 2. The summed E-state index contributed by atoms with van der Waals surface area (Å²) in [5.41, 5.74) is 0.258. The molecule has 1 aromatic carbocycles. The fraction of sp³-hybridized carbons (Fsp3) is 0.222.